The average molecular weight is 949 g/mol. The monoisotopic (exact) mass is 948 g/mol. The minimum absolute atomic E-state index is 0.968. The topological polar surface area (TPSA) is 26.1 Å². The molecule has 7 heterocycles. The highest BCUT2D eigenvalue weighted by Crippen LogP contribution is 2.52. The van der Waals surface area contributed by atoms with E-state index in [1.54, 1.807) is 0 Å². The first kappa shape index (κ1) is 39.6. The van der Waals surface area contributed by atoms with Crippen molar-refractivity contribution in [2.75, 3.05) is 0 Å². The molecule has 75 heavy (non-hydrogen) atoms. The Kier molecular flexibility index (Phi) is 7.57. The van der Waals surface area contributed by atoms with E-state index in [1.807, 2.05) is 0 Å². The molecule has 0 radical (unpaired) electrons. The lowest BCUT2D eigenvalue weighted by Gasteiger charge is -2.12. The third-order valence-corrected chi connectivity index (χ3v) is 16.8. The maximum atomic E-state index is 5.76. The molecule has 0 unspecified atom stereocenters. The third kappa shape index (κ3) is 5.17. The number of pyridine rings is 1. The molecular weight excluding hydrogens is 909 g/mol. The van der Waals surface area contributed by atoms with Crippen LogP contribution in [0.3, 0.4) is 0 Å². The predicted molar refractivity (Wildman–Crippen MR) is 315 cm³/mol. The second kappa shape index (κ2) is 14.3. The van der Waals surface area contributed by atoms with Crippen molar-refractivity contribution in [2.24, 2.45) is 0 Å². The fourth-order valence-corrected chi connectivity index (χ4v) is 13.6. The van der Waals surface area contributed by atoms with Crippen LogP contribution < -0.4 is 0 Å². The van der Waals surface area contributed by atoms with Crippen molar-refractivity contribution in [3.63, 3.8) is 0 Å². The summed E-state index contributed by atoms with van der Waals surface area (Å²) in [7, 11) is 0. The zero-order valence-electron chi connectivity index (χ0n) is 40.4. The van der Waals surface area contributed by atoms with E-state index in [0.29, 0.717) is 0 Å². The normalized spacial score (nSPS) is 12.5. The summed E-state index contributed by atoms with van der Waals surface area (Å²) in [4.78, 5) is 5.76. The molecular formula is C71H40N4. The number of rotatable bonds is 5. The number of benzene rings is 11. The number of aromatic nitrogens is 4. The fraction of sp³-hybridized carbons (Fsp3) is 0. The van der Waals surface area contributed by atoms with Gasteiger partial charge >= 0.3 is 0 Å². The number of hydrogen-bond donors (Lipinski definition) is 0. The van der Waals surface area contributed by atoms with Gasteiger partial charge < -0.3 is 13.2 Å². The van der Waals surface area contributed by atoms with Crippen LogP contribution in [0.1, 0.15) is 0 Å². The Morgan fingerprint density at radius 1 is 0.213 bits per heavy atom. The van der Waals surface area contributed by atoms with Crippen LogP contribution in [0, 0.1) is 0 Å². The van der Waals surface area contributed by atoms with Gasteiger partial charge in [0, 0.05) is 70.4 Å². The highest BCUT2D eigenvalue weighted by molar-refractivity contribution is 6.34. The van der Waals surface area contributed by atoms with Gasteiger partial charge in [-0.1, -0.05) is 182 Å². The van der Waals surface area contributed by atoms with Crippen molar-refractivity contribution in [3.05, 3.63) is 243 Å². The summed E-state index contributed by atoms with van der Waals surface area (Å²) >= 11 is 0. The van der Waals surface area contributed by atoms with E-state index in [4.69, 9.17) is 4.98 Å². The van der Waals surface area contributed by atoms with Crippen LogP contribution in [-0.2, 0) is 0 Å². The molecule has 18 rings (SSSR count). The molecule has 344 valence electrons. The first-order chi connectivity index (χ1) is 37.2. The molecule has 4 nitrogen and oxygen atoms in total. The van der Waals surface area contributed by atoms with Gasteiger partial charge in [-0.15, -0.1) is 0 Å². The summed E-state index contributed by atoms with van der Waals surface area (Å²) in [5.74, 6) is 0. The minimum atomic E-state index is 0.968. The van der Waals surface area contributed by atoms with Crippen molar-refractivity contribution in [3.8, 4) is 55.8 Å². The summed E-state index contributed by atoms with van der Waals surface area (Å²) in [5, 5.41) is 13.6. The highest BCUT2D eigenvalue weighted by Gasteiger charge is 2.30. The largest absolute Gasteiger partial charge is 0.308 e. The maximum absolute atomic E-state index is 5.76. The Bertz CT molecular complexity index is 5130. The van der Waals surface area contributed by atoms with Crippen LogP contribution in [0.4, 0.5) is 0 Å². The molecule has 0 atom stereocenters. The van der Waals surface area contributed by atoms with Crippen LogP contribution >= 0.6 is 0 Å². The highest BCUT2D eigenvalue weighted by atomic mass is 15.0. The molecule has 0 saturated heterocycles. The van der Waals surface area contributed by atoms with Crippen molar-refractivity contribution >= 4 is 114 Å². The molecule has 0 N–H and O–H groups in total. The van der Waals surface area contributed by atoms with Crippen LogP contribution in [0.25, 0.3) is 170 Å². The number of para-hydroxylation sites is 2. The maximum Gasteiger partial charge on any atom is 0.0977 e. The lowest BCUT2D eigenvalue weighted by molar-refractivity contribution is 1.34. The van der Waals surface area contributed by atoms with E-state index in [0.717, 1.165) is 27.7 Å². The van der Waals surface area contributed by atoms with Gasteiger partial charge in [0.15, 0.2) is 0 Å². The zero-order valence-corrected chi connectivity index (χ0v) is 40.4. The van der Waals surface area contributed by atoms with Gasteiger partial charge in [0.1, 0.15) is 0 Å². The Morgan fingerprint density at radius 2 is 0.667 bits per heavy atom. The lowest BCUT2D eigenvalue weighted by atomic mass is 9.94. The van der Waals surface area contributed by atoms with E-state index < -0.39 is 0 Å². The van der Waals surface area contributed by atoms with Gasteiger partial charge in [-0.3, -0.25) is 0 Å². The molecule has 0 aliphatic carbocycles. The quantitative estimate of drug-likeness (QED) is 0.169. The van der Waals surface area contributed by atoms with Gasteiger partial charge in [-0.2, -0.15) is 0 Å². The van der Waals surface area contributed by atoms with Gasteiger partial charge in [-0.05, 0) is 99.6 Å². The Balaban J connectivity index is 1.07. The number of fused-ring (bicyclic) bond motifs is 18. The molecule has 0 amide bonds. The van der Waals surface area contributed by atoms with E-state index in [-0.39, 0.29) is 0 Å². The van der Waals surface area contributed by atoms with Crippen LogP contribution in [-0.4, -0.2) is 18.2 Å². The summed E-state index contributed by atoms with van der Waals surface area (Å²) < 4.78 is 7.71. The zero-order chi connectivity index (χ0) is 48.6. The lowest BCUT2D eigenvalue weighted by Crippen LogP contribution is -1.92. The van der Waals surface area contributed by atoms with Gasteiger partial charge in [0.25, 0.3) is 0 Å². The third-order valence-electron chi connectivity index (χ3n) is 16.8. The van der Waals surface area contributed by atoms with Crippen LogP contribution in [0.5, 0.6) is 0 Å². The van der Waals surface area contributed by atoms with Crippen molar-refractivity contribution < 1.29 is 0 Å². The molecule has 4 heteroatoms. The summed E-state index contributed by atoms with van der Waals surface area (Å²) in [6.45, 7) is 0. The van der Waals surface area contributed by atoms with E-state index in [2.05, 4.69) is 256 Å². The van der Waals surface area contributed by atoms with Crippen LogP contribution in [0.15, 0.2) is 243 Å². The summed E-state index contributed by atoms with van der Waals surface area (Å²) in [5.41, 5.74) is 23.5. The minimum Gasteiger partial charge on any atom is -0.308 e. The first-order valence-electron chi connectivity index (χ1n) is 25.9. The molecule has 7 aromatic heterocycles. The van der Waals surface area contributed by atoms with E-state index >= 15 is 0 Å². The molecule has 0 saturated carbocycles. The second-order valence-electron chi connectivity index (χ2n) is 20.6. The van der Waals surface area contributed by atoms with Crippen molar-refractivity contribution in [1.29, 1.82) is 0 Å². The van der Waals surface area contributed by atoms with Gasteiger partial charge in [-0.25, -0.2) is 4.98 Å². The standard InChI is InChI=1S/C71H40N4/c1-5-16-41(17-6-1)45-29-32-62-53(34-45)55-36-48(43-20-9-3-10-21-43)37-56-57-39-59-66-71-58(40-60(72-66)44-22-11-4-12-23-44)54-35-46(42-18-7-2-8-19-42)30-33-63(54)75(71)70(59)65(69(57)74(62)68(55)56)47-28-31-50-52-26-15-25-51-49-24-13-14-27-61(49)73(67(51)52)64(50)38-47/h1-40H. The average Bonchev–Trinajstić information content (AvgIpc) is 4.46. The molecule has 0 aliphatic rings. The van der Waals surface area contributed by atoms with E-state index in [1.165, 1.54) is 143 Å². The van der Waals surface area contributed by atoms with Gasteiger partial charge in [0.05, 0.1) is 60.9 Å². The Hall–Kier alpha value is -10.0. The summed E-state index contributed by atoms with van der Waals surface area (Å²) in [6, 6.07) is 90.1. The molecule has 18 aromatic rings. The molecule has 11 aromatic carbocycles. The summed E-state index contributed by atoms with van der Waals surface area (Å²) in [6.07, 6.45) is 0. The van der Waals surface area contributed by atoms with Crippen molar-refractivity contribution in [2.45, 2.75) is 0 Å². The molecule has 0 spiro atoms. The molecule has 0 fully saturated rings. The molecule has 0 aliphatic heterocycles. The SMILES string of the molecule is c1ccc(-c2ccc3c(c2)c2cc(-c4ccccc4)cc4c5cc6c7nc(-c8ccccc8)cc8c9cc(-c%10ccccc%10)ccc9n(c6c(-c6ccc9c%10cccc%11c%12ccccc%12n(c9c6)c%11%10)c5n3c24)c87)cc1. The Labute approximate surface area is 428 Å². The van der Waals surface area contributed by atoms with Crippen LogP contribution in [0.2, 0.25) is 0 Å². The predicted octanol–water partition coefficient (Wildman–Crippen LogP) is 18.9. The van der Waals surface area contributed by atoms with Crippen molar-refractivity contribution in [1.82, 2.24) is 18.2 Å². The number of nitrogens with zero attached hydrogens (tertiary/aromatic N) is 4. The number of hydrogen-bond acceptors (Lipinski definition) is 1. The second-order valence-corrected chi connectivity index (χ2v) is 20.6. The van der Waals surface area contributed by atoms with E-state index in [9.17, 15) is 0 Å². The fourth-order valence-electron chi connectivity index (χ4n) is 13.6. The first-order valence-corrected chi connectivity index (χ1v) is 25.9. The molecule has 0 bridgehead atoms. The Morgan fingerprint density at radius 3 is 1.32 bits per heavy atom. The van der Waals surface area contributed by atoms with Gasteiger partial charge in [0.2, 0.25) is 0 Å². The smallest absolute Gasteiger partial charge is 0.0977 e.